The van der Waals surface area contributed by atoms with E-state index in [4.69, 9.17) is 19.5 Å². The Bertz CT molecular complexity index is 2070. The number of aromatic nitrogens is 4. The molecule has 1 saturated heterocycles. The Morgan fingerprint density at radius 3 is 2.42 bits per heavy atom. The van der Waals surface area contributed by atoms with Crippen LogP contribution in [0.4, 0.5) is 5.82 Å². The van der Waals surface area contributed by atoms with Crippen LogP contribution < -0.4 is 16.4 Å². The number of nitrogens with two attached hydrogens (primary N) is 1. The normalized spacial score (nSPS) is 21.4. The Kier molecular flexibility index (Phi) is 16.0. The summed E-state index contributed by atoms with van der Waals surface area (Å²) >= 11 is 5.23. The molecule has 7 unspecified atom stereocenters. The Hall–Kier alpha value is -2.87. The highest BCUT2D eigenvalue weighted by atomic mass is 32.2. The molecule has 29 heteroatoms. The summed E-state index contributed by atoms with van der Waals surface area (Å²) in [5.41, 5.74) is 4.68. The van der Waals surface area contributed by atoms with Crippen molar-refractivity contribution in [2.75, 3.05) is 37.8 Å². The number of phosphoric acid groups is 3. The lowest BCUT2D eigenvalue weighted by Crippen LogP contribution is -2.46. The number of phosphoric ester groups is 3. The van der Waals surface area contributed by atoms with Gasteiger partial charge in [-0.1, -0.05) is 37.7 Å². The highest BCUT2D eigenvalue weighted by Crippen LogP contribution is 2.61. The number of anilines is 1. The number of carbonyl (C=O) groups excluding carboxylic acids is 3. The first-order valence-corrected chi connectivity index (χ1v) is 22.3. The molecule has 57 heavy (non-hydrogen) atoms. The van der Waals surface area contributed by atoms with Crippen LogP contribution >= 0.6 is 47.9 Å². The van der Waals surface area contributed by atoms with Gasteiger partial charge in [0.05, 0.1) is 19.5 Å². The number of benzene rings is 1. The fourth-order valence-electron chi connectivity index (χ4n) is 5.00. The monoisotopic (exact) mass is 903 g/mol. The van der Waals surface area contributed by atoms with Gasteiger partial charge in [-0.3, -0.25) is 32.5 Å². The second-order valence-electron chi connectivity index (χ2n) is 12.7. The molecule has 1 fully saturated rings. The maximum absolute atomic E-state index is 12.7. The lowest BCUT2D eigenvalue weighted by molar-refractivity contribution is -0.137. The van der Waals surface area contributed by atoms with E-state index in [1.807, 2.05) is 0 Å². The topological polar surface area (TPSA) is 364 Å². The number of aliphatic hydroxyl groups is 2. The molecule has 0 spiro atoms. The summed E-state index contributed by atoms with van der Waals surface area (Å²) in [6.45, 7) is 0.397. The molecule has 3 aromatic rings. The third-order valence-corrected chi connectivity index (χ3v) is 12.2. The zero-order valence-corrected chi connectivity index (χ0v) is 34.2. The second kappa shape index (κ2) is 19.5. The number of nitrogen functional groups attached to an aromatic ring is 1. The van der Waals surface area contributed by atoms with E-state index in [-0.39, 0.29) is 47.4 Å². The molecule has 1 aliphatic heterocycles. The molecule has 1 aromatic carbocycles. The Labute approximate surface area is 333 Å². The lowest BCUT2D eigenvalue weighted by Gasteiger charge is -2.30. The minimum absolute atomic E-state index is 0.0275. The number of imidazole rings is 1. The molecular weight excluding hydrogens is 863 g/mol. The number of hydrogen-bond acceptors (Lipinski definition) is 19. The summed E-state index contributed by atoms with van der Waals surface area (Å²) in [4.78, 5) is 88.5. The summed E-state index contributed by atoms with van der Waals surface area (Å²) in [5.74, 6) is -1.22. The SMILES string of the molecule is CC(C)(COP(=O)(O)OP(=O)(O)OCC1OC(n2cnc3c(N)ncnc32)C(O)C1OP(=O)(O)O)C(O)C(=O)NCCC(=O)NCCSC(=O)c1ccccc1S. The van der Waals surface area contributed by atoms with Gasteiger partial charge in [-0.2, -0.15) is 4.31 Å². The number of hydrogen-bond donors (Lipinski definition) is 10. The summed E-state index contributed by atoms with van der Waals surface area (Å²) in [6.07, 6.45) is -6.97. The molecule has 0 radical (unpaired) electrons. The van der Waals surface area contributed by atoms with Crippen LogP contribution in [0.2, 0.25) is 0 Å². The van der Waals surface area contributed by atoms with Crippen LogP contribution in [-0.2, 0) is 45.9 Å². The molecule has 0 saturated carbocycles. The van der Waals surface area contributed by atoms with Gasteiger partial charge >= 0.3 is 23.5 Å². The molecule has 10 N–H and O–H groups in total. The van der Waals surface area contributed by atoms with E-state index in [9.17, 15) is 57.9 Å². The largest absolute Gasteiger partial charge is 0.481 e. The number of nitrogens with zero attached hydrogens (tertiary/aromatic N) is 4. The Balaban J connectivity index is 1.23. The quantitative estimate of drug-likeness (QED) is 0.0413. The van der Waals surface area contributed by atoms with E-state index in [1.165, 1.54) is 13.8 Å². The van der Waals surface area contributed by atoms with Gasteiger partial charge in [0.15, 0.2) is 17.7 Å². The number of thiol groups is 1. The maximum Gasteiger partial charge on any atom is 0.481 e. The highest BCUT2D eigenvalue weighted by molar-refractivity contribution is 8.14. The van der Waals surface area contributed by atoms with E-state index in [0.29, 0.717) is 10.5 Å². The van der Waals surface area contributed by atoms with Gasteiger partial charge in [-0.15, -0.1) is 12.6 Å². The molecule has 4 rings (SSSR count). The van der Waals surface area contributed by atoms with Crippen molar-refractivity contribution in [2.24, 2.45) is 5.41 Å². The van der Waals surface area contributed by atoms with Crippen LogP contribution in [0.25, 0.3) is 11.2 Å². The average Bonchev–Trinajstić information content (AvgIpc) is 3.68. The number of amides is 2. The number of rotatable bonds is 20. The minimum atomic E-state index is -5.58. The lowest BCUT2D eigenvalue weighted by atomic mass is 9.87. The van der Waals surface area contributed by atoms with Gasteiger partial charge in [-0.05, 0) is 12.1 Å². The average molecular weight is 904 g/mol. The van der Waals surface area contributed by atoms with E-state index >= 15 is 0 Å². The van der Waals surface area contributed by atoms with Crippen molar-refractivity contribution in [3.05, 3.63) is 42.5 Å². The van der Waals surface area contributed by atoms with Crippen LogP contribution in [-0.4, -0.2) is 123 Å². The number of ether oxygens (including phenoxy) is 1. The van der Waals surface area contributed by atoms with Gasteiger partial charge in [-0.25, -0.2) is 28.6 Å². The van der Waals surface area contributed by atoms with E-state index < -0.39 is 84.6 Å². The molecule has 316 valence electrons. The van der Waals surface area contributed by atoms with Crippen molar-refractivity contribution in [3.63, 3.8) is 0 Å². The van der Waals surface area contributed by atoms with Crippen molar-refractivity contribution >= 4 is 81.8 Å². The Morgan fingerprint density at radius 2 is 1.74 bits per heavy atom. The van der Waals surface area contributed by atoms with Crippen molar-refractivity contribution in [3.8, 4) is 0 Å². The molecule has 0 bridgehead atoms. The predicted octanol–water partition coefficient (Wildman–Crippen LogP) is 0.267. The van der Waals surface area contributed by atoms with Crippen LogP contribution in [0.15, 0.2) is 41.8 Å². The molecule has 1 aliphatic rings. The molecule has 3 heterocycles. The van der Waals surface area contributed by atoms with Crippen molar-refractivity contribution in [1.29, 1.82) is 0 Å². The van der Waals surface area contributed by atoms with E-state index in [2.05, 4.69) is 47.0 Å². The highest BCUT2D eigenvalue weighted by Gasteiger charge is 2.50. The van der Waals surface area contributed by atoms with Crippen LogP contribution in [0.1, 0.15) is 36.9 Å². The summed E-state index contributed by atoms with van der Waals surface area (Å²) in [6, 6.07) is 6.75. The number of thioether (sulfide) groups is 1. The maximum atomic E-state index is 12.7. The third kappa shape index (κ3) is 13.3. The summed E-state index contributed by atoms with van der Waals surface area (Å²) < 4.78 is 62.1. The van der Waals surface area contributed by atoms with Crippen molar-refractivity contribution < 1.29 is 80.5 Å². The second-order valence-corrected chi connectivity index (χ2v) is 18.5. The predicted molar refractivity (Wildman–Crippen MR) is 200 cm³/mol. The zero-order valence-electron chi connectivity index (χ0n) is 29.8. The molecule has 0 aliphatic carbocycles. The van der Waals surface area contributed by atoms with E-state index in [1.54, 1.807) is 24.3 Å². The standard InChI is InChI=1S/C28H40N7O17P3S2/c1-28(2,22(38)25(39)31-8-7-18(36)30-9-10-57-27(40)15-5-3-4-6-17(15)56)12-49-55(46,47)52-54(44,45)48-11-16-21(51-53(41,42)43)20(37)26(50-16)35-14-34-19-23(29)32-13-33-24(19)35/h3-6,13-14,16,20-22,26,37-38,56H,7-12H2,1-2H3,(H,30,36)(H,31,39)(H,44,45)(H,46,47)(H2,29,32,33)(H2,41,42,43). The molecular formula is C28H40N7O17P3S2. The van der Waals surface area contributed by atoms with Gasteiger partial charge in [0.2, 0.25) is 16.9 Å². The van der Waals surface area contributed by atoms with Gasteiger partial charge in [0, 0.05) is 41.1 Å². The third-order valence-electron chi connectivity index (χ3n) is 7.86. The number of fused-ring (bicyclic) bond motifs is 1. The smallest absolute Gasteiger partial charge is 0.386 e. The number of aliphatic hydroxyl groups excluding tert-OH is 2. The zero-order chi connectivity index (χ0) is 42.3. The van der Waals surface area contributed by atoms with Gasteiger partial charge in [0.1, 0.15) is 36.3 Å². The molecule has 2 amide bonds. The minimum Gasteiger partial charge on any atom is -0.386 e. The van der Waals surface area contributed by atoms with Crippen LogP contribution in [0.5, 0.6) is 0 Å². The summed E-state index contributed by atoms with van der Waals surface area (Å²) in [7, 11) is -16.4. The van der Waals surface area contributed by atoms with Crippen LogP contribution in [0.3, 0.4) is 0 Å². The first-order valence-electron chi connectivity index (χ1n) is 16.3. The summed E-state index contributed by atoms with van der Waals surface area (Å²) in [5, 5.41) is 26.2. The molecule has 2 aromatic heterocycles. The fraction of sp³-hybridized carbons (Fsp3) is 0.500. The van der Waals surface area contributed by atoms with Gasteiger partial charge in [0.25, 0.3) is 0 Å². The van der Waals surface area contributed by atoms with Crippen LogP contribution in [0, 0.1) is 5.41 Å². The number of nitrogens with one attached hydrogen (secondary N) is 2. The molecule has 24 nitrogen and oxygen atoms in total. The first-order chi connectivity index (χ1) is 26.5. The van der Waals surface area contributed by atoms with E-state index in [0.717, 1.165) is 29.0 Å². The Morgan fingerprint density at radius 1 is 1.05 bits per heavy atom. The first kappa shape index (κ1) is 46.8. The van der Waals surface area contributed by atoms with Crippen molar-refractivity contribution in [2.45, 2.75) is 55.8 Å². The van der Waals surface area contributed by atoms with Gasteiger partial charge < -0.3 is 50.9 Å². The molecule has 7 atom stereocenters. The number of carbonyl (C=O) groups is 3. The fourth-order valence-corrected chi connectivity index (χ4v) is 8.89. The van der Waals surface area contributed by atoms with Crippen molar-refractivity contribution in [1.82, 2.24) is 30.2 Å².